The van der Waals surface area contributed by atoms with Crippen LogP contribution in [0, 0.1) is 0 Å². The van der Waals surface area contributed by atoms with Crippen molar-refractivity contribution in [2.24, 2.45) is 4.99 Å². The zero-order valence-electron chi connectivity index (χ0n) is 18.5. The van der Waals surface area contributed by atoms with E-state index in [2.05, 4.69) is 20.9 Å². The van der Waals surface area contributed by atoms with E-state index in [0.717, 1.165) is 31.1 Å². The summed E-state index contributed by atoms with van der Waals surface area (Å²) >= 11 is 0. The molecule has 2 fully saturated rings. The number of aliphatic imine (C=N–C) groups is 1. The van der Waals surface area contributed by atoms with Gasteiger partial charge < -0.3 is 25.6 Å². The lowest BCUT2D eigenvalue weighted by Gasteiger charge is -2.26. The molecular weight excluding hydrogens is 394 g/mol. The number of benzene rings is 1. The van der Waals surface area contributed by atoms with E-state index in [0.29, 0.717) is 31.3 Å². The number of nitrogens with one attached hydrogen (secondary N) is 3. The second-order valence-electron chi connectivity index (χ2n) is 8.11. The maximum absolute atomic E-state index is 12.5. The van der Waals surface area contributed by atoms with Gasteiger partial charge >= 0.3 is 0 Å². The number of piperazine rings is 1. The van der Waals surface area contributed by atoms with Gasteiger partial charge in [-0.3, -0.25) is 14.6 Å². The fourth-order valence-corrected chi connectivity index (χ4v) is 3.93. The van der Waals surface area contributed by atoms with E-state index >= 15 is 0 Å². The van der Waals surface area contributed by atoms with Crippen LogP contribution in [0.1, 0.15) is 54.4 Å². The van der Waals surface area contributed by atoms with Crippen LogP contribution in [0.4, 0.5) is 0 Å². The van der Waals surface area contributed by atoms with Crippen molar-refractivity contribution in [3.05, 3.63) is 35.4 Å². The molecule has 1 aliphatic heterocycles. The van der Waals surface area contributed by atoms with Crippen LogP contribution in [-0.4, -0.2) is 68.6 Å². The van der Waals surface area contributed by atoms with Crippen LogP contribution in [0.3, 0.4) is 0 Å². The quantitative estimate of drug-likeness (QED) is 0.332. The predicted octanol–water partition coefficient (Wildman–Crippen LogP) is 1.66. The lowest BCUT2D eigenvalue weighted by molar-refractivity contribution is -0.123. The zero-order chi connectivity index (χ0) is 21.9. The van der Waals surface area contributed by atoms with Gasteiger partial charge in [0.1, 0.15) is 0 Å². The summed E-state index contributed by atoms with van der Waals surface area (Å²) in [5.41, 5.74) is 1.65. The third-order valence-corrected chi connectivity index (χ3v) is 5.73. The molecule has 8 nitrogen and oxygen atoms in total. The Kier molecular flexibility index (Phi) is 9.15. The van der Waals surface area contributed by atoms with Gasteiger partial charge in [0.25, 0.3) is 5.91 Å². The molecular formula is C23H35N5O3. The molecule has 3 rings (SSSR count). The zero-order valence-corrected chi connectivity index (χ0v) is 18.5. The number of carbonyl (C=O) groups excluding carboxylic acids is 2. The first-order valence-electron chi connectivity index (χ1n) is 11.4. The van der Waals surface area contributed by atoms with E-state index in [1.54, 1.807) is 11.9 Å². The first-order valence-corrected chi connectivity index (χ1v) is 11.4. The Morgan fingerprint density at radius 2 is 1.97 bits per heavy atom. The van der Waals surface area contributed by atoms with Crippen LogP contribution in [0.2, 0.25) is 0 Å². The molecule has 8 heteroatoms. The summed E-state index contributed by atoms with van der Waals surface area (Å²) in [6.45, 7) is 3.37. The maximum atomic E-state index is 12.5. The molecule has 31 heavy (non-hydrogen) atoms. The minimum atomic E-state index is -0.111. The van der Waals surface area contributed by atoms with Crippen LogP contribution in [-0.2, 0) is 16.1 Å². The maximum Gasteiger partial charge on any atom is 0.254 e. The number of guanidine groups is 1. The van der Waals surface area contributed by atoms with Crippen molar-refractivity contribution in [2.75, 3.05) is 39.8 Å². The number of carbonyl (C=O) groups is 2. The molecule has 0 spiro atoms. The summed E-state index contributed by atoms with van der Waals surface area (Å²) < 4.78 is 5.95. The van der Waals surface area contributed by atoms with Crippen molar-refractivity contribution in [1.82, 2.24) is 20.9 Å². The molecule has 0 radical (unpaired) electrons. The molecule has 0 unspecified atom stereocenters. The van der Waals surface area contributed by atoms with Crippen LogP contribution in [0.5, 0.6) is 0 Å². The Balaban J connectivity index is 1.35. The average molecular weight is 430 g/mol. The first kappa shape index (κ1) is 23.1. The lowest BCUT2D eigenvalue weighted by atomic mass is 9.98. The van der Waals surface area contributed by atoms with Gasteiger partial charge in [0.15, 0.2) is 5.96 Å². The van der Waals surface area contributed by atoms with Crippen molar-refractivity contribution >= 4 is 17.8 Å². The van der Waals surface area contributed by atoms with E-state index < -0.39 is 0 Å². The smallest absolute Gasteiger partial charge is 0.254 e. The van der Waals surface area contributed by atoms with Gasteiger partial charge in [-0.1, -0.05) is 31.4 Å². The third kappa shape index (κ3) is 7.54. The van der Waals surface area contributed by atoms with Crippen molar-refractivity contribution in [1.29, 1.82) is 0 Å². The highest BCUT2D eigenvalue weighted by atomic mass is 16.5. The molecule has 2 aliphatic rings. The van der Waals surface area contributed by atoms with Gasteiger partial charge in [0.2, 0.25) is 5.91 Å². The fourth-order valence-electron chi connectivity index (χ4n) is 3.93. The number of hydrogen-bond donors (Lipinski definition) is 3. The minimum absolute atomic E-state index is 0.109. The molecule has 0 atom stereocenters. The van der Waals surface area contributed by atoms with Crippen molar-refractivity contribution in [3.8, 4) is 0 Å². The summed E-state index contributed by atoms with van der Waals surface area (Å²) in [5, 5.41) is 9.34. The number of hydrogen-bond acceptors (Lipinski definition) is 4. The number of amides is 2. The normalized spacial score (nSPS) is 17.9. The van der Waals surface area contributed by atoms with Crippen molar-refractivity contribution < 1.29 is 14.3 Å². The van der Waals surface area contributed by atoms with Crippen molar-refractivity contribution in [2.45, 2.75) is 51.2 Å². The second kappa shape index (κ2) is 12.3. The average Bonchev–Trinajstić information content (AvgIpc) is 2.81. The predicted molar refractivity (Wildman–Crippen MR) is 121 cm³/mol. The molecule has 1 aromatic carbocycles. The molecule has 1 saturated carbocycles. The third-order valence-electron chi connectivity index (χ3n) is 5.73. The van der Waals surface area contributed by atoms with E-state index in [1.807, 2.05) is 24.3 Å². The van der Waals surface area contributed by atoms with Gasteiger partial charge in [-0.2, -0.15) is 0 Å². The Bertz CT molecular complexity index is 744. The van der Waals surface area contributed by atoms with Crippen LogP contribution < -0.4 is 16.0 Å². The van der Waals surface area contributed by atoms with Gasteiger partial charge in [-0.15, -0.1) is 0 Å². The number of nitrogens with zero attached hydrogens (tertiary/aromatic N) is 2. The standard InChI is InChI=1S/C23H35N5O3/c1-24-23(26-12-5-15-31-20-6-3-2-4-7-20)27-16-18-8-10-19(11-9-18)22(30)28-14-13-25-21(29)17-28/h8-11,20H,2-7,12-17H2,1H3,(H,25,29)(H2,24,26,27). The summed E-state index contributed by atoms with van der Waals surface area (Å²) in [5.74, 6) is 0.527. The highest BCUT2D eigenvalue weighted by Gasteiger charge is 2.22. The summed E-state index contributed by atoms with van der Waals surface area (Å²) in [7, 11) is 1.75. The Labute approximate surface area is 184 Å². The largest absolute Gasteiger partial charge is 0.378 e. The Morgan fingerprint density at radius 1 is 1.19 bits per heavy atom. The highest BCUT2D eigenvalue weighted by molar-refractivity contribution is 5.97. The van der Waals surface area contributed by atoms with E-state index in [4.69, 9.17) is 4.74 Å². The Hall–Kier alpha value is -2.61. The number of ether oxygens (including phenoxy) is 1. The first-order chi connectivity index (χ1) is 15.2. The molecule has 0 bridgehead atoms. The van der Waals surface area contributed by atoms with E-state index in [1.165, 1.54) is 32.1 Å². The molecule has 2 amide bonds. The van der Waals surface area contributed by atoms with Gasteiger partial charge in [0, 0.05) is 45.4 Å². The van der Waals surface area contributed by atoms with Gasteiger partial charge in [-0.25, -0.2) is 0 Å². The van der Waals surface area contributed by atoms with Crippen LogP contribution in [0.15, 0.2) is 29.3 Å². The van der Waals surface area contributed by atoms with Gasteiger partial charge in [-0.05, 0) is 37.0 Å². The Morgan fingerprint density at radius 3 is 2.68 bits per heavy atom. The van der Waals surface area contributed by atoms with Crippen LogP contribution >= 0.6 is 0 Å². The molecule has 0 aromatic heterocycles. The molecule has 1 aromatic rings. The SMILES string of the molecule is CN=C(NCCCOC1CCCCC1)NCc1ccc(C(=O)N2CCNC(=O)C2)cc1. The summed E-state index contributed by atoms with van der Waals surface area (Å²) in [6.07, 6.45) is 7.74. The fraction of sp³-hybridized carbons (Fsp3) is 0.609. The van der Waals surface area contributed by atoms with E-state index in [9.17, 15) is 9.59 Å². The molecule has 1 aliphatic carbocycles. The molecule has 3 N–H and O–H groups in total. The monoisotopic (exact) mass is 429 g/mol. The van der Waals surface area contributed by atoms with Gasteiger partial charge in [0.05, 0.1) is 12.6 Å². The van der Waals surface area contributed by atoms with E-state index in [-0.39, 0.29) is 18.4 Å². The second-order valence-corrected chi connectivity index (χ2v) is 8.11. The van der Waals surface area contributed by atoms with Crippen molar-refractivity contribution in [3.63, 3.8) is 0 Å². The van der Waals surface area contributed by atoms with Crippen LogP contribution in [0.25, 0.3) is 0 Å². The molecule has 1 heterocycles. The lowest BCUT2D eigenvalue weighted by Crippen LogP contribution is -2.49. The summed E-state index contributed by atoms with van der Waals surface area (Å²) in [6, 6.07) is 7.47. The minimum Gasteiger partial charge on any atom is -0.378 e. The topological polar surface area (TPSA) is 95.1 Å². The number of rotatable bonds is 8. The summed E-state index contributed by atoms with van der Waals surface area (Å²) in [4.78, 5) is 29.9. The highest BCUT2D eigenvalue weighted by Crippen LogP contribution is 2.20. The molecule has 170 valence electrons. The molecule has 1 saturated heterocycles.